The molecule has 1 saturated heterocycles. The van der Waals surface area contributed by atoms with Crippen LogP contribution in [0.15, 0.2) is 65.9 Å². The van der Waals surface area contributed by atoms with E-state index in [2.05, 4.69) is 5.16 Å². The Morgan fingerprint density at radius 1 is 1.07 bits per heavy atom. The van der Waals surface area contributed by atoms with E-state index in [-0.39, 0.29) is 5.91 Å². The van der Waals surface area contributed by atoms with Gasteiger partial charge in [-0.1, -0.05) is 53.7 Å². The zero-order valence-corrected chi connectivity index (χ0v) is 15.7. The third-order valence-electron chi connectivity index (χ3n) is 4.83. The summed E-state index contributed by atoms with van der Waals surface area (Å²) in [6.45, 7) is 3.24. The number of benzene rings is 2. The summed E-state index contributed by atoms with van der Waals surface area (Å²) in [5.41, 5.74) is 3.00. The molecule has 28 heavy (non-hydrogen) atoms. The Bertz CT molecular complexity index is 960. The van der Waals surface area contributed by atoms with Crippen LogP contribution in [-0.4, -0.2) is 47.9 Å². The fraction of sp³-hybridized carbons (Fsp3) is 0.273. The van der Waals surface area contributed by atoms with Crippen molar-refractivity contribution >= 4 is 23.0 Å². The average molecular weight is 377 g/mol. The van der Waals surface area contributed by atoms with Gasteiger partial charge in [0.1, 0.15) is 13.2 Å². The molecule has 1 aliphatic heterocycles. The molecule has 144 valence electrons. The van der Waals surface area contributed by atoms with Crippen molar-refractivity contribution in [3.63, 3.8) is 0 Å². The van der Waals surface area contributed by atoms with Crippen molar-refractivity contribution in [2.75, 3.05) is 26.3 Å². The van der Waals surface area contributed by atoms with Crippen LogP contribution in [0.2, 0.25) is 0 Å². The molecule has 4 rings (SSSR count). The quantitative estimate of drug-likeness (QED) is 0.490. The highest BCUT2D eigenvalue weighted by Crippen LogP contribution is 2.20. The molecular formula is C22H23N3O3. The van der Waals surface area contributed by atoms with Crippen molar-refractivity contribution in [3.05, 3.63) is 71.9 Å². The lowest BCUT2D eigenvalue weighted by atomic mass is 10.2. The first-order chi connectivity index (χ1) is 13.8. The zero-order valence-electron chi connectivity index (χ0n) is 15.7. The van der Waals surface area contributed by atoms with E-state index in [1.165, 1.54) is 0 Å². The summed E-state index contributed by atoms with van der Waals surface area (Å²) in [6, 6.07) is 17.9. The van der Waals surface area contributed by atoms with Crippen molar-refractivity contribution in [1.29, 1.82) is 0 Å². The SMILES string of the molecule is O=C(Cn1cc(C=NOCc2ccccc2)c2ccccc21)N1CCOCC1. The van der Waals surface area contributed by atoms with Gasteiger partial charge < -0.3 is 19.0 Å². The van der Waals surface area contributed by atoms with Gasteiger partial charge >= 0.3 is 0 Å². The molecule has 1 fully saturated rings. The highest BCUT2D eigenvalue weighted by atomic mass is 16.6. The van der Waals surface area contributed by atoms with E-state index in [1.54, 1.807) is 6.21 Å². The largest absolute Gasteiger partial charge is 0.391 e. The molecule has 6 heteroatoms. The third-order valence-corrected chi connectivity index (χ3v) is 4.83. The van der Waals surface area contributed by atoms with Gasteiger partial charge in [0.15, 0.2) is 0 Å². The lowest BCUT2D eigenvalue weighted by Crippen LogP contribution is -2.42. The Morgan fingerprint density at radius 3 is 2.64 bits per heavy atom. The summed E-state index contributed by atoms with van der Waals surface area (Å²) >= 11 is 0. The minimum absolute atomic E-state index is 0.105. The van der Waals surface area contributed by atoms with Crippen molar-refractivity contribution in [2.24, 2.45) is 5.16 Å². The summed E-state index contributed by atoms with van der Waals surface area (Å²) in [6.07, 6.45) is 3.67. The zero-order chi connectivity index (χ0) is 19.2. The highest BCUT2D eigenvalue weighted by molar-refractivity contribution is 5.99. The lowest BCUT2D eigenvalue weighted by Gasteiger charge is -2.27. The molecule has 0 bridgehead atoms. The first-order valence-electron chi connectivity index (χ1n) is 9.44. The molecule has 0 unspecified atom stereocenters. The number of carbonyl (C=O) groups excluding carboxylic acids is 1. The van der Waals surface area contributed by atoms with E-state index in [0.717, 1.165) is 22.0 Å². The molecule has 0 aliphatic carbocycles. The van der Waals surface area contributed by atoms with Gasteiger partial charge in [0.05, 0.1) is 19.4 Å². The minimum atomic E-state index is 0.105. The van der Waals surface area contributed by atoms with Gasteiger partial charge in [-0.05, 0) is 11.6 Å². The van der Waals surface area contributed by atoms with Gasteiger partial charge in [0, 0.05) is 35.8 Å². The van der Waals surface area contributed by atoms with E-state index in [0.29, 0.717) is 39.5 Å². The number of rotatable bonds is 6. The van der Waals surface area contributed by atoms with Crippen LogP contribution < -0.4 is 0 Å². The van der Waals surface area contributed by atoms with Crippen LogP contribution in [-0.2, 0) is 27.5 Å². The Morgan fingerprint density at radius 2 is 1.82 bits per heavy atom. The number of carbonyl (C=O) groups is 1. The number of oxime groups is 1. The Hall–Kier alpha value is -3.12. The van der Waals surface area contributed by atoms with Gasteiger partial charge in [-0.2, -0.15) is 0 Å². The Labute approximate surface area is 164 Å². The average Bonchev–Trinajstić information content (AvgIpc) is 3.10. The number of hydrogen-bond donors (Lipinski definition) is 0. The second kappa shape index (κ2) is 8.71. The predicted molar refractivity (Wildman–Crippen MR) is 108 cm³/mol. The van der Waals surface area contributed by atoms with Crippen molar-refractivity contribution in [2.45, 2.75) is 13.2 Å². The lowest BCUT2D eigenvalue weighted by molar-refractivity contribution is -0.135. The highest BCUT2D eigenvalue weighted by Gasteiger charge is 2.18. The minimum Gasteiger partial charge on any atom is -0.391 e. The van der Waals surface area contributed by atoms with E-state index >= 15 is 0 Å². The number of amides is 1. The number of fused-ring (bicyclic) bond motifs is 1. The molecule has 1 aliphatic rings. The van der Waals surface area contributed by atoms with Crippen LogP contribution in [0.3, 0.4) is 0 Å². The summed E-state index contributed by atoms with van der Waals surface area (Å²) in [5, 5.41) is 5.16. The Balaban J connectivity index is 1.48. The van der Waals surface area contributed by atoms with Crippen LogP contribution in [0.5, 0.6) is 0 Å². The number of para-hydroxylation sites is 1. The molecule has 1 aromatic heterocycles. The second-order valence-electron chi connectivity index (χ2n) is 6.72. The summed E-state index contributed by atoms with van der Waals surface area (Å²) in [4.78, 5) is 19.9. The molecule has 0 atom stereocenters. The smallest absolute Gasteiger partial charge is 0.242 e. The third kappa shape index (κ3) is 4.23. The van der Waals surface area contributed by atoms with Crippen LogP contribution in [0.1, 0.15) is 11.1 Å². The maximum absolute atomic E-state index is 12.6. The standard InChI is InChI=1S/C22H23N3O3/c26-22(24-10-12-27-13-11-24)16-25-15-19(20-8-4-5-9-21(20)25)14-23-28-17-18-6-2-1-3-7-18/h1-9,14-15H,10-13,16-17H2. The van der Waals surface area contributed by atoms with E-state index in [4.69, 9.17) is 9.57 Å². The molecule has 0 saturated carbocycles. The fourth-order valence-electron chi connectivity index (χ4n) is 3.35. The summed E-state index contributed by atoms with van der Waals surface area (Å²) in [7, 11) is 0. The second-order valence-corrected chi connectivity index (χ2v) is 6.72. The molecule has 0 spiro atoms. The van der Waals surface area contributed by atoms with Crippen LogP contribution in [0, 0.1) is 0 Å². The van der Waals surface area contributed by atoms with Gasteiger partial charge in [-0.15, -0.1) is 0 Å². The molecule has 6 nitrogen and oxygen atoms in total. The number of hydrogen-bond acceptors (Lipinski definition) is 4. The van der Waals surface area contributed by atoms with Gasteiger partial charge in [0.25, 0.3) is 0 Å². The predicted octanol–water partition coefficient (Wildman–Crippen LogP) is 3.05. The number of nitrogens with zero attached hydrogens (tertiary/aromatic N) is 3. The summed E-state index contributed by atoms with van der Waals surface area (Å²) in [5.74, 6) is 0.105. The fourth-order valence-corrected chi connectivity index (χ4v) is 3.35. The van der Waals surface area contributed by atoms with Crippen LogP contribution in [0.25, 0.3) is 10.9 Å². The van der Waals surface area contributed by atoms with E-state index < -0.39 is 0 Å². The Kier molecular flexibility index (Phi) is 5.68. The molecule has 0 N–H and O–H groups in total. The van der Waals surface area contributed by atoms with Crippen LogP contribution in [0.4, 0.5) is 0 Å². The molecular weight excluding hydrogens is 354 g/mol. The normalized spacial score (nSPS) is 14.6. The monoisotopic (exact) mass is 377 g/mol. The maximum atomic E-state index is 12.6. The van der Waals surface area contributed by atoms with Crippen molar-refractivity contribution in [3.8, 4) is 0 Å². The molecule has 1 amide bonds. The molecule has 2 heterocycles. The van der Waals surface area contributed by atoms with E-state index in [9.17, 15) is 4.79 Å². The molecule has 2 aromatic carbocycles. The van der Waals surface area contributed by atoms with E-state index in [1.807, 2.05) is 70.3 Å². The van der Waals surface area contributed by atoms with Crippen LogP contribution >= 0.6 is 0 Å². The molecule has 3 aromatic rings. The van der Waals surface area contributed by atoms with Crippen molar-refractivity contribution in [1.82, 2.24) is 9.47 Å². The van der Waals surface area contributed by atoms with Gasteiger partial charge in [0.2, 0.25) is 5.91 Å². The number of ether oxygens (including phenoxy) is 1. The number of morpholine rings is 1. The van der Waals surface area contributed by atoms with Gasteiger partial charge in [-0.25, -0.2) is 0 Å². The van der Waals surface area contributed by atoms with Crippen molar-refractivity contribution < 1.29 is 14.4 Å². The maximum Gasteiger partial charge on any atom is 0.242 e. The number of aromatic nitrogens is 1. The van der Waals surface area contributed by atoms with Gasteiger partial charge in [-0.3, -0.25) is 4.79 Å². The summed E-state index contributed by atoms with van der Waals surface area (Å²) < 4.78 is 7.31. The molecule has 0 radical (unpaired) electrons. The first kappa shape index (κ1) is 18.3. The first-order valence-corrected chi connectivity index (χ1v) is 9.44. The topological polar surface area (TPSA) is 56.1 Å².